The number of aromatic nitrogens is 2. The highest BCUT2D eigenvalue weighted by atomic mass is 32.2. The Labute approximate surface area is 147 Å². The van der Waals surface area contributed by atoms with Crippen molar-refractivity contribution >= 4 is 27.1 Å². The van der Waals surface area contributed by atoms with Gasteiger partial charge in [0.1, 0.15) is 5.82 Å². The van der Waals surface area contributed by atoms with E-state index in [4.69, 9.17) is 5.14 Å². The summed E-state index contributed by atoms with van der Waals surface area (Å²) in [6.45, 7) is 3.69. The van der Waals surface area contributed by atoms with Gasteiger partial charge >= 0.3 is 0 Å². The molecule has 1 saturated heterocycles. The third kappa shape index (κ3) is 4.00. The number of fused-ring (bicyclic) bond motifs is 1. The number of benzene rings is 1. The van der Waals surface area contributed by atoms with E-state index in [1.54, 1.807) is 0 Å². The molecule has 1 amide bonds. The first-order valence-electron chi connectivity index (χ1n) is 8.33. The third-order valence-corrected chi connectivity index (χ3v) is 5.75. The van der Waals surface area contributed by atoms with Gasteiger partial charge in [0.05, 0.1) is 11.0 Å². The second-order valence-corrected chi connectivity index (χ2v) is 7.86. The number of nitrogens with zero attached hydrogens (tertiary/aromatic N) is 3. The monoisotopic (exact) mass is 365 g/mol. The van der Waals surface area contributed by atoms with Crippen LogP contribution in [0.15, 0.2) is 24.3 Å². The van der Waals surface area contributed by atoms with Crippen LogP contribution < -0.4 is 10.5 Å². The predicted octanol–water partition coefficient (Wildman–Crippen LogP) is 0.376. The van der Waals surface area contributed by atoms with E-state index >= 15 is 0 Å². The Morgan fingerprint density at radius 3 is 2.68 bits per heavy atom. The lowest BCUT2D eigenvalue weighted by molar-refractivity contribution is -0.126. The summed E-state index contributed by atoms with van der Waals surface area (Å²) in [4.78, 5) is 16.8. The maximum absolute atomic E-state index is 12.3. The van der Waals surface area contributed by atoms with Crippen LogP contribution in [0.3, 0.4) is 0 Å². The number of piperidine rings is 1. The molecule has 0 radical (unpaired) electrons. The highest BCUT2D eigenvalue weighted by Crippen LogP contribution is 2.19. The molecule has 1 aromatic carbocycles. The van der Waals surface area contributed by atoms with Crippen molar-refractivity contribution in [1.29, 1.82) is 0 Å². The predicted molar refractivity (Wildman–Crippen MR) is 94.9 cm³/mol. The van der Waals surface area contributed by atoms with Crippen molar-refractivity contribution in [3.63, 3.8) is 0 Å². The lowest BCUT2D eigenvalue weighted by Gasteiger charge is -2.29. The van der Waals surface area contributed by atoms with Crippen LogP contribution in [-0.2, 0) is 21.5 Å². The first kappa shape index (κ1) is 17.8. The Hall–Kier alpha value is -1.97. The Balaban J connectivity index is 1.52. The van der Waals surface area contributed by atoms with Crippen LogP contribution >= 0.6 is 0 Å². The molecule has 0 aliphatic carbocycles. The molecule has 1 aliphatic heterocycles. The molecule has 1 aromatic heterocycles. The Kier molecular flexibility index (Phi) is 5.07. The van der Waals surface area contributed by atoms with Crippen molar-refractivity contribution in [3.8, 4) is 0 Å². The molecule has 25 heavy (non-hydrogen) atoms. The Morgan fingerprint density at radius 1 is 1.32 bits per heavy atom. The maximum Gasteiger partial charge on any atom is 0.276 e. The fraction of sp³-hybridized carbons (Fsp3) is 0.500. The summed E-state index contributed by atoms with van der Waals surface area (Å²) in [5, 5.41) is 8.06. The standard InChI is InChI=1S/C16H23N5O3S/c1-12-19-14-4-2-3-5-15(14)21(12)11-8-18-16(22)13-6-9-20(10-7-13)25(17,23)24/h2-5,13H,6-11H2,1H3,(H,18,22)(H2,17,23,24). The summed E-state index contributed by atoms with van der Waals surface area (Å²) in [6.07, 6.45) is 0.991. The Morgan fingerprint density at radius 2 is 2.00 bits per heavy atom. The van der Waals surface area contributed by atoms with E-state index in [1.807, 2.05) is 31.2 Å². The van der Waals surface area contributed by atoms with Gasteiger partial charge < -0.3 is 9.88 Å². The van der Waals surface area contributed by atoms with Gasteiger partial charge in [0.25, 0.3) is 10.2 Å². The summed E-state index contributed by atoms with van der Waals surface area (Å²) < 4.78 is 25.9. The summed E-state index contributed by atoms with van der Waals surface area (Å²) in [5.74, 6) is 0.715. The van der Waals surface area contributed by atoms with Gasteiger partial charge in [0, 0.05) is 32.1 Å². The minimum atomic E-state index is -3.66. The molecule has 1 fully saturated rings. The summed E-state index contributed by atoms with van der Waals surface area (Å²) >= 11 is 0. The number of para-hydroxylation sites is 2. The zero-order valence-electron chi connectivity index (χ0n) is 14.2. The molecule has 1 aliphatic rings. The number of carbonyl (C=O) groups is 1. The zero-order chi connectivity index (χ0) is 18.0. The molecule has 2 aromatic rings. The normalized spacial score (nSPS) is 17.0. The van der Waals surface area contributed by atoms with Crippen molar-refractivity contribution in [3.05, 3.63) is 30.1 Å². The van der Waals surface area contributed by atoms with E-state index in [-0.39, 0.29) is 11.8 Å². The smallest absolute Gasteiger partial charge is 0.276 e. The molecular weight excluding hydrogens is 342 g/mol. The van der Waals surface area contributed by atoms with Crippen molar-refractivity contribution in [2.45, 2.75) is 26.3 Å². The van der Waals surface area contributed by atoms with Crippen molar-refractivity contribution in [2.24, 2.45) is 11.1 Å². The van der Waals surface area contributed by atoms with Gasteiger partial charge in [-0.2, -0.15) is 12.7 Å². The van der Waals surface area contributed by atoms with E-state index < -0.39 is 10.2 Å². The van der Waals surface area contributed by atoms with Gasteiger partial charge in [-0.05, 0) is 31.9 Å². The summed E-state index contributed by atoms with van der Waals surface area (Å²) in [5.41, 5.74) is 2.00. The lowest BCUT2D eigenvalue weighted by atomic mass is 9.97. The molecule has 2 heterocycles. The number of nitrogens with two attached hydrogens (primary N) is 1. The topological polar surface area (TPSA) is 110 Å². The van der Waals surface area contributed by atoms with Crippen LogP contribution in [0.1, 0.15) is 18.7 Å². The largest absolute Gasteiger partial charge is 0.354 e. The molecule has 9 heteroatoms. The van der Waals surface area contributed by atoms with Crippen LogP contribution in [0.2, 0.25) is 0 Å². The minimum Gasteiger partial charge on any atom is -0.354 e. The third-order valence-electron chi connectivity index (χ3n) is 4.66. The molecule has 3 rings (SSSR count). The number of nitrogens with one attached hydrogen (secondary N) is 1. The number of hydrogen-bond donors (Lipinski definition) is 2. The second kappa shape index (κ2) is 7.11. The second-order valence-electron chi connectivity index (χ2n) is 6.31. The van der Waals surface area contributed by atoms with Crippen LogP contribution in [0.25, 0.3) is 11.0 Å². The van der Waals surface area contributed by atoms with E-state index in [2.05, 4.69) is 14.9 Å². The number of hydrogen-bond acceptors (Lipinski definition) is 4. The number of rotatable bonds is 5. The Bertz CT molecular complexity index is 869. The number of carbonyl (C=O) groups excluding carboxylic acids is 1. The zero-order valence-corrected chi connectivity index (χ0v) is 15.0. The lowest BCUT2D eigenvalue weighted by Crippen LogP contribution is -2.45. The average Bonchev–Trinajstić information content (AvgIpc) is 2.90. The number of aryl methyl sites for hydroxylation is 1. The van der Waals surface area contributed by atoms with Crippen LogP contribution in [-0.4, -0.2) is 47.8 Å². The number of amides is 1. The fourth-order valence-corrected chi connectivity index (χ4v) is 4.01. The van der Waals surface area contributed by atoms with E-state index in [0.29, 0.717) is 39.0 Å². The number of imidazole rings is 1. The first-order valence-corrected chi connectivity index (χ1v) is 9.84. The molecule has 3 N–H and O–H groups in total. The molecule has 0 unspecified atom stereocenters. The quantitative estimate of drug-likeness (QED) is 0.798. The van der Waals surface area contributed by atoms with Crippen LogP contribution in [0, 0.1) is 12.8 Å². The maximum atomic E-state index is 12.3. The summed E-state index contributed by atoms with van der Waals surface area (Å²) in [7, 11) is -3.66. The molecule has 136 valence electrons. The first-order chi connectivity index (χ1) is 11.9. The van der Waals surface area contributed by atoms with Crippen molar-refractivity contribution < 1.29 is 13.2 Å². The SMILES string of the molecule is Cc1nc2ccccc2n1CCNC(=O)C1CCN(S(N)(=O)=O)CC1. The molecular formula is C16H23N5O3S. The minimum absolute atomic E-state index is 0.0313. The highest BCUT2D eigenvalue weighted by Gasteiger charge is 2.29. The van der Waals surface area contributed by atoms with E-state index in [0.717, 1.165) is 16.9 Å². The van der Waals surface area contributed by atoms with E-state index in [1.165, 1.54) is 4.31 Å². The van der Waals surface area contributed by atoms with Crippen molar-refractivity contribution in [2.75, 3.05) is 19.6 Å². The van der Waals surface area contributed by atoms with E-state index in [9.17, 15) is 13.2 Å². The van der Waals surface area contributed by atoms with Gasteiger partial charge in [-0.1, -0.05) is 12.1 Å². The average molecular weight is 365 g/mol. The van der Waals surface area contributed by atoms with Crippen molar-refractivity contribution in [1.82, 2.24) is 19.2 Å². The van der Waals surface area contributed by atoms with Crippen LogP contribution in [0.4, 0.5) is 0 Å². The van der Waals surface area contributed by atoms with Gasteiger partial charge in [0.15, 0.2) is 0 Å². The van der Waals surface area contributed by atoms with Gasteiger partial charge in [-0.3, -0.25) is 4.79 Å². The van der Waals surface area contributed by atoms with Crippen LogP contribution in [0.5, 0.6) is 0 Å². The van der Waals surface area contributed by atoms with Gasteiger partial charge in [-0.25, -0.2) is 10.1 Å². The summed E-state index contributed by atoms with van der Waals surface area (Å²) in [6, 6.07) is 7.91. The molecule has 0 atom stereocenters. The highest BCUT2D eigenvalue weighted by molar-refractivity contribution is 7.86. The fourth-order valence-electron chi connectivity index (χ4n) is 3.29. The molecule has 0 spiro atoms. The molecule has 0 bridgehead atoms. The van der Waals surface area contributed by atoms with Gasteiger partial charge in [-0.15, -0.1) is 0 Å². The van der Waals surface area contributed by atoms with Gasteiger partial charge in [0.2, 0.25) is 5.91 Å². The molecule has 8 nitrogen and oxygen atoms in total. The molecule has 0 saturated carbocycles.